The summed E-state index contributed by atoms with van der Waals surface area (Å²) in [6.45, 7) is 0. The van der Waals surface area contributed by atoms with Crippen LogP contribution < -0.4 is 11.3 Å². The second kappa shape index (κ2) is 3.17. The Bertz CT molecular complexity index is 448. The van der Waals surface area contributed by atoms with Crippen LogP contribution in [-0.4, -0.2) is 16.0 Å². The van der Waals surface area contributed by atoms with Crippen LogP contribution in [0.1, 0.15) is 23.2 Å². The van der Waals surface area contributed by atoms with Gasteiger partial charge in [0.05, 0.1) is 5.56 Å². The van der Waals surface area contributed by atoms with Crippen molar-refractivity contribution in [2.45, 2.75) is 19.3 Å². The fourth-order valence-corrected chi connectivity index (χ4v) is 1.76. The van der Waals surface area contributed by atoms with Crippen LogP contribution in [0.15, 0.2) is 16.0 Å². The average Bonchev–Trinajstić information content (AvgIpc) is 2.62. The van der Waals surface area contributed by atoms with Crippen molar-refractivity contribution in [1.29, 1.82) is 0 Å². The zero-order valence-corrected chi connectivity index (χ0v) is 7.58. The molecule has 2 rings (SSSR count). The van der Waals surface area contributed by atoms with Crippen molar-refractivity contribution in [1.82, 2.24) is 4.98 Å². The van der Waals surface area contributed by atoms with Gasteiger partial charge in [-0.25, -0.2) is 0 Å². The summed E-state index contributed by atoms with van der Waals surface area (Å²) in [7, 11) is 0. The molecule has 0 radical (unpaired) electrons. The number of oxime groups is 1. The molecule has 5 nitrogen and oxygen atoms in total. The molecule has 0 spiro atoms. The maximum absolute atomic E-state index is 11.5. The van der Waals surface area contributed by atoms with Gasteiger partial charge in [0.25, 0.3) is 5.56 Å². The summed E-state index contributed by atoms with van der Waals surface area (Å²) in [5.74, 6) is -0.138. The molecule has 0 amide bonds. The van der Waals surface area contributed by atoms with Crippen molar-refractivity contribution in [3.63, 3.8) is 0 Å². The number of nitrogens with zero attached hydrogens (tertiary/aromatic N) is 1. The first kappa shape index (κ1) is 8.80. The van der Waals surface area contributed by atoms with E-state index in [-0.39, 0.29) is 17.0 Å². The Labute approximate surface area is 80.2 Å². The molecule has 1 aliphatic rings. The average molecular weight is 193 g/mol. The highest BCUT2D eigenvalue weighted by atomic mass is 16.4. The van der Waals surface area contributed by atoms with Crippen LogP contribution in [0.2, 0.25) is 0 Å². The molecule has 0 aliphatic heterocycles. The predicted molar refractivity (Wildman–Crippen MR) is 51.6 cm³/mol. The lowest BCUT2D eigenvalue weighted by atomic mass is 10.1. The molecule has 1 aromatic heterocycles. The normalized spacial score (nSPS) is 15.6. The highest BCUT2D eigenvalue weighted by molar-refractivity contribution is 5.96. The van der Waals surface area contributed by atoms with E-state index in [1.165, 1.54) is 0 Å². The quantitative estimate of drug-likeness (QED) is 0.253. The molecule has 0 saturated heterocycles. The number of fused-ring (bicyclic) bond motifs is 1. The molecular formula is C9H11N3O2. The Hall–Kier alpha value is -1.78. The Kier molecular flexibility index (Phi) is 1.99. The number of amidine groups is 1. The molecule has 14 heavy (non-hydrogen) atoms. The van der Waals surface area contributed by atoms with Gasteiger partial charge in [0.2, 0.25) is 0 Å². The number of aryl methyl sites for hydroxylation is 2. The Morgan fingerprint density at radius 1 is 1.57 bits per heavy atom. The van der Waals surface area contributed by atoms with Crippen molar-refractivity contribution < 1.29 is 5.21 Å². The first-order valence-corrected chi connectivity index (χ1v) is 4.45. The van der Waals surface area contributed by atoms with Crippen molar-refractivity contribution >= 4 is 5.84 Å². The van der Waals surface area contributed by atoms with Crippen molar-refractivity contribution in [3.8, 4) is 0 Å². The van der Waals surface area contributed by atoms with E-state index in [2.05, 4.69) is 10.1 Å². The van der Waals surface area contributed by atoms with Gasteiger partial charge in [0, 0.05) is 5.69 Å². The molecule has 1 aliphatic carbocycles. The van der Waals surface area contributed by atoms with E-state index in [1.807, 2.05) is 0 Å². The second-order valence-corrected chi connectivity index (χ2v) is 3.35. The second-order valence-electron chi connectivity index (χ2n) is 3.35. The number of rotatable bonds is 1. The van der Waals surface area contributed by atoms with Crippen LogP contribution >= 0.6 is 0 Å². The smallest absolute Gasteiger partial charge is 0.259 e. The maximum atomic E-state index is 11.5. The fourth-order valence-electron chi connectivity index (χ4n) is 1.76. The minimum absolute atomic E-state index is 0.138. The zero-order chi connectivity index (χ0) is 10.1. The van der Waals surface area contributed by atoms with E-state index in [4.69, 9.17) is 10.9 Å². The highest BCUT2D eigenvalue weighted by Crippen LogP contribution is 2.18. The zero-order valence-electron chi connectivity index (χ0n) is 7.58. The molecular weight excluding hydrogens is 182 g/mol. The SMILES string of the molecule is NC(=NO)c1cc2c([nH]c1=O)CCC2. The summed E-state index contributed by atoms with van der Waals surface area (Å²) in [4.78, 5) is 14.2. The number of aromatic amines is 1. The van der Waals surface area contributed by atoms with Crippen LogP contribution in [0.5, 0.6) is 0 Å². The summed E-state index contributed by atoms with van der Waals surface area (Å²) in [5, 5.41) is 11.3. The maximum Gasteiger partial charge on any atom is 0.259 e. The minimum atomic E-state index is -0.291. The third kappa shape index (κ3) is 1.26. The molecule has 0 atom stereocenters. The van der Waals surface area contributed by atoms with Gasteiger partial charge < -0.3 is 15.9 Å². The molecule has 4 N–H and O–H groups in total. The molecule has 0 bridgehead atoms. The molecule has 0 unspecified atom stereocenters. The van der Waals surface area contributed by atoms with Crippen LogP contribution in [0.3, 0.4) is 0 Å². The molecule has 5 heteroatoms. The van der Waals surface area contributed by atoms with E-state index in [0.717, 1.165) is 30.5 Å². The van der Waals surface area contributed by atoms with Gasteiger partial charge in [-0.05, 0) is 30.9 Å². The third-order valence-electron chi connectivity index (χ3n) is 2.47. The van der Waals surface area contributed by atoms with Crippen LogP contribution in [0, 0.1) is 0 Å². The monoisotopic (exact) mass is 193 g/mol. The summed E-state index contributed by atoms with van der Waals surface area (Å²) in [5.41, 5.74) is 7.39. The van der Waals surface area contributed by atoms with Gasteiger partial charge in [-0.1, -0.05) is 5.16 Å². The van der Waals surface area contributed by atoms with E-state index in [1.54, 1.807) is 6.07 Å². The number of hydrogen-bond acceptors (Lipinski definition) is 3. The van der Waals surface area contributed by atoms with E-state index >= 15 is 0 Å². The number of hydrogen-bond donors (Lipinski definition) is 3. The predicted octanol–water partition coefficient (Wildman–Crippen LogP) is -0.0419. The summed E-state index contributed by atoms with van der Waals surface area (Å²) >= 11 is 0. The number of pyridine rings is 1. The molecule has 74 valence electrons. The number of nitrogens with one attached hydrogen (secondary N) is 1. The molecule has 0 saturated carbocycles. The Morgan fingerprint density at radius 2 is 2.36 bits per heavy atom. The molecule has 0 aromatic carbocycles. The molecule has 1 aromatic rings. The van der Waals surface area contributed by atoms with Crippen molar-refractivity contribution in [2.24, 2.45) is 10.9 Å². The Balaban J connectivity index is 2.59. The lowest BCUT2D eigenvalue weighted by molar-refractivity contribution is 0.318. The topological polar surface area (TPSA) is 91.5 Å². The number of H-pyrrole nitrogens is 1. The molecule has 1 heterocycles. The van der Waals surface area contributed by atoms with Gasteiger partial charge in [-0.15, -0.1) is 0 Å². The van der Waals surface area contributed by atoms with Gasteiger partial charge in [0.1, 0.15) is 0 Å². The standard InChI is InChI=1S/C9H11N3O2/c10-8(12-14)6-4-5-2-1-3-7(5)11-9(6)13/h4,14H,1-3H2,(H2,10,12)(H,11,13). The van der Waals surface area contributed by atoms with Crippen LogP contribution in [-0.2, 0) is 12.8 Å². The van der Waals surface area contributed by atoms with E-state index in [9.17, 15) is 4.79 Å². The van der Waals surface area contributed by atoms with Crippen molar-refractivity contribution in [2.75, 3.05) is 0 Å². The van der Waals surface area contributed by atoms with Crippen LogP contribution in [0.25, 0.3) is 0 Å². The van der Waals surface area contributed by atoms with Gasteiger partial charge >= 0.3 is 0 Å². The summed E-state index contributed by atoms with van der Waals surface area (Å²) in [6.07, 6.45) is 2.89. The minimum Gasteiger partial charge on any atom is -0.409 e. The summed E-state index contributed by atoms with van der Waals surface area (Å²) in [6, 6.07) is 1.70. The van der Waals surface area contributed by atoms with Gasteiger partial charge in [0.15, 0.2) is 5.84 Å². The van der Waals surface area contributed by atoms with E-state index in [0.29, 0.717) is 0 Å². The third-order valence-corrected chi connectivity index (χ3v) is 2.47. The van der Waals surface area contributed by atoms with E-state index < -0.39 is 0 Å². The van der Waals surface area contributed by atoms with Gasteiger partial charge in [-0.3, -0.25) is 4.79 Å². The van der Waals surface area contributed by atoms with Crippen molar-refractivity contribution in [3.05, 3.63) is 33.2 Å². The fraction of sp³-hybridized carbons (Fsp3) is 0.333. The van der Waals surface area contributed by atoms with Gasteiger partial charge in [-0.2, -0.15) is 0 Å². The van der Waals surface area contributed by atoms with Crippen LogP contribution in [0.4, 0.5) is 0 Å². The number of aromatic nitrogens is 1. The first-order chi connectivity index (χ1) is 6.72. The largest absolute Gasteiger partial charge is 0.409 e. The Morgan fingerprint density at radius 3 is 3.07 bits per heavy atom. The summed E-state index contributed by atoms with van der Waals surface area (Å²) < 4.78 is 0. The highest BCUT2D eigenvalue weighted by Gasteiger charge is 2.15. The molecule has 0 fully saturated rings. The first-order valence-electron chi connectivity index (χ1n) is 4.45. The lowest BCUT2D eigenvalue weighted by Crippen LogP contribution is -2.25. The lowest BCUT2D eigenvalue weighted by Gasteiger charge is -2.02. The number of nitrogens with two attached hydrogens (primary N) is 1.